The Labute approximate surface area is 81.9 Å². The lowest BCUT2D eigenvalue weighted by Gasteiger charge is -1.85. The Kier molecular flexibility index (Phi) is 5.60. The van der Waals surface area contributed by atoms with E-state index in [0.29, 0.717) is 11.2 Å². The maximum absolute atomic E-state index is 9.79. The zero-order chi connectivity index (χ0) is 10.3. The number of rotatable bonds is 2. The summed E-state index contributed by atoms with van der Waals surface area (Å²) in [7, 11) is -3.67. The maximum Gasteiger partial charge on any atom is 0.264 e. The van der Waals surface area contributed by atoms with Gasteiger partial charge in [0.15, 0.2) is 4.77 Å². The van der Waals surface area contributed by atoms with Gasteiger partial charge in [-0.2, -0.15) is 8.42 Å². The minimum absolute atomic E-state index is 0.132. The van der Waals surface area contributed by atoms with Crippen molar-refractivity contribution >= 4 is 22.3 Å². The summed E-state index contributed by atoms with van der Waals surface area (Å²) in [6, 6.07) is 0. The van der Waals surface area contributed by atoms with E-state index >= 15 is 0 Å². The molecule has 0 spiro atoms. The molecule has 0 aromatic carbocycles. The number of nitrogens with one attached hydrogen (secondary N) is 2. The van der Waals surface area contributed by atoms with E-state index < -0.39 is 10.1 Å². The quantitative estimate of drug-likeness (QED) is 0.523. The molecule has 3 N–H and O–H groups in total. The minimum Gasteiger partial charge on any atom is -0.338 e. The first-order valence-corrected chi connectivity index (χ1v) is 5.64. The third kappa shape index (κ3) is 9.25. The molecule has 0 aliphatic heterocycles. The molecule has 1 aromatic rings. The van der Waals surface area contributed by atoms with Gasteiger partial charge in [0.05, 0.1) is 5.75 Å². The lowest BCUT2D eigenvalue weighted by Crippen LogP contribution is -2.01. The van der Waals surface area contributed by atoms with Crippen LogP contribution < -0.4 is 0 Å². The summed E-state index contributed by atoms with van der Waals surface area (Å²) < 4.78 is 28.2. The first kappa shape index (κ1) is 12.3. The van der Waals surface area contributed by atoms with Gasteiger partial charge in [0.25, 0.3) is 10.1 Å². The van der Waals surface area contributed by atoms with Gasteiger partial charge in [-0.3, -0.25) is 4.55 Å². The third-order valence-corrected chi connectivity index (χ3v) is 2.13. The standard InChI is InChI=1S/C3H4N2S.C3H8O3S/c6-3-4-1-2-5-3;1-2-3-7(4,5)6/h1-2H,(H2,4,5,6);2-3H2,1H3,(H,4,5,6). The average Bonchev–Trinajstić information content (AvgIpc) is 2.38. The molecule has 0 saturated heterocycles. The van der Waals surface area contributed by atoms with Gasteiger partial charge in [-0.05, 0) is 18.6 Å². The van der Waals surface area contributed by atoms with Gasteiger partial charge in [0.1, 0.15) is 0 Å². The van der Waals surface area contributed by atoms with Gasteiger partial charge < -0.3 is 9.97 Å². The van der Waals surface area contributed by atoms with Crippen molar-refractivity contribution in [2.45, 2.75) is 13.3 Å². The summed E-state index contributed by atoms with van der Waals surface area (Å²) in [5.41, 5.74) is 0. The Hall–Kier alpha value is -0.660. The SMILES string of the molecule is CCCS(=O)(=O)O.S=c1[nH]cc[nH]1. The topological polar surface area (TPSA) is 85.9 Å². The fourth-order valence-corrected chi connectivity index (χ4v) is 1.19. The fraction of sp³-hybridized carbons (Fsp3) is 0.500. The second-order valence-electron chi connectivity index (χ2n) is 2.24. The highest BCUT2D eigenvalue weighted by atomic mass is 32.2. The van der Waals surface area contributed by atoms with Crippen LogP contribution in [0.5, 0.6) is 0 Å². The summed E-state index contributed by atoms with van der Waals surface area (Å²) in [4.78, 5) is 5.52. The number of hydrogen-bond acceptors (Lipinski definition) is 3. The molecule has 0 amide bonds. The zero-order valence-corrected chi connectivity index (χ0v) is 8.78. The Bertz CT molecular complexity index is 348. The molecule has 1 heterocycles. The van der Waals surface area contributed by atoms with Crippen LogP contribution >= 0.6 is 12.2 Å². The van der Waals surface area contributed by atoms with Crippen LogP contribution in [0.3, 0.4) is 0 Å². The molecule has 7 heteroatoms. The Morgan fingerprint density at radius 1 is 1.46 bits per heavy atom. The van der Waals surface area contributed by atoms with Gasteiger partial charge in [-0.25, -0.2) is 0 Å². The van der Waals surface area contributed by atoms with Crippen LogP contribution in [0.1, 0.15) is 13.3 Å². The normalized spacial score (nSPS) is 10.3. The van der Waals surface area contributed by atoms with E-state index in [1.54, 1.807) is 19.3 Å². The smallest absolute Gasteiger partial charge is 0.264 e. The molecular weight excluding hydrogens is 212 g/mol. The Balaban J connectivity index is 0.000000223. The molecule has 13 heavy (non-hydrogen) atoms. The number of H-pyrrole nitrogens is 2. The molecule has 0 bridgehead atoms. The van der Waals surface area contributed by atoms with Crippen molar-refractivity contribution in [2.24, 2.45) is 0 Å². The van der Waals surface area contributed by atoms with Gasteiger partial charge in [0, 0.05) is 12.4 Å². The molecule has 1 rings (SSSR count). The van der Waals surface area contributed by atoms with Crippen LogP contribution in [0.25, 0.3) is 0 Å². The fourth-order valence-electron chi connectivity index (χ4n) is 0.534. The van der Waals surface area contributed by atoms with E-state index in [0.717, 1.165) is 0 Å². The van der Waals surface area contributed by atoms with Crippen molar-refractivity contribution in [1.82, 2.24) is 9.97 Å². The lowest BCUT2D eigenvalue weighted by molar-refractivity contribution is 0.482. The molecule has 0 aliphatic rings. The van der Waals surface area contributed by atoms with Crippen molar-refractivity contribution in [3.63, 3.8) is 0 Å². The molecule has 5 nitrogen and oxygen atoms in total. The predicted molar refractivity (Wildman–Crippen MR) is 52.7 cm³/mol. The summed E-state index contributed by atoms with van der Waals surface area (Å²) in [5.74, 6) is -0.132. The van der Waals surface area contributed by atoms with E-state index in [9.17, 15) is 8.42 Å². The number of aromatic amines is 2. The highest BCUT2D eigenvalue weighted by Crippen LogP contribution is 1.83. The van der Waals surface area contributed by atoms with E-state index in [4.69, 9.17) is 4.55 Å². The lowest BCUT2D eigenvalue weighted by atomic mass is 10.6. The molecule has 0 atom stereocenters. The van der Waals surface area contributed by atoms with Crippen molar-refractivity contribution in [3.05, 3.63) is 17.2 Å². The predicted octanol–water partition coefficient (Wildman–Crippen LogP) is 1.36. The van der Waals surface area contributed by atoms with Gasteiger partial charge in [0.2, 0.25) is 0 Å². The highest BCUT2D eigenvalue weighted by Gasteiger charge is 1.98. The van der Waals surface area contributed by atoms with Gasteiger partial charge >= 0.3 is 0 Å². The summed E-state index contributed by atoms with van der Waals surface area (Å²) >= 11 is 4.63. The summed E-state index contributed by atoms with van der Waals surface area (Å²) in [6.45, 7) is 1.69. The highest BCUT2D eigenvalue weighted by molar-refractivity contribution is 7.85. The second kappa shape index (κ2) is 5.90. The van der Waals surface area contributed by atoms with Crippen LogP contribution in [0.4, 0.5) is 0 Å². The molecule has 76 valence electrons. The van der Waals surface area contributed by atoms with Crippen LogP contribution in [-0.2, 0) is 10.1 Å². The third-order valence-electron chi connectivity index (χ3n) is 0.974. The van der Waals surface area contributed by atoms with Crippen LogP contribution in [0.15, 0.2) is 12.4 Å². The molecule has 1 aromatic heterocycles. The van der Waals surface area contributed by atoms with Gasteiger partial charge in [-0.15, -0.1) is 0 Å². The molecular formula is C6H12N2O3S2. The maximum atomic E-state index is 9.79. The Morgan fingerprint density at radius 2 is 1.92 bits per heavy atom. The molecule has 0 saturated carbocycles. The first-order chi connectivity index (χ1) is 5.95. The van der Waals surface area contributed by atoms with Crippen LogP contribution in [0, 0.1) is 4.77 Å². The summed E-state index contributed by atoms with van der Waals surface area (Å²) in [6.07, 6.45) is 3.98. The largest absolute Gasteiger partial charge is 0.338 e. The zero-order valence-electron chi connectivity index (χ0n) is 7.15. The number of hydrogen-bond donors (Lipinski definition) is 3. The molecule has 0 aliphatic carbocycles. The average molecular weight is 224 g/mol. The van der Waals surface area contributed by atoms with E-state index in [2.05, 4.69) is 22.2 Å². The van der Waals surface area contributed by atoms with Crippen LogP contribution in [0.2, 0.25) is 0 Å². The monoisotopic (exact) mass is 224 g/mol. The van der Waals surface area contributed by atoms with Gasteiger partial charge in [-0.1, -0.05) is 6.92 Å². The van der Waals surface area contributed by atoms with Crippen molar-refractivity contribution < 1.29 is 13.0 Å². The van der Waals surface area contributed by atoms with Crippen molar-refractivity contribution in [3.8, 4) is 0 Å². The molecule has 0 unspecified atom stereocenters. The minimum atomic E-state index is -3.67. The first-order valence-electron chi connectivity index (χ1n) is 3.63. The Morgan fingerprint density at radius 3 is 2.00 bits per heavy atom. The van der Waals surface area contributed by atoms with Crippen LogP contribution in [-0.4, -0.2) is 28.7 Å². The van der Waals surface area contributed by atoms with E-state index in [-0.39, 0.29) is 5.75 Å². The molecule has 0 fully saturated rings. The van der Waals surface area contributed by atoms with E-state index in [1.807, 2.05) is 0 Å². The summed E-state index contributed by atoms with van der Waals surface area (Å²) in [5, 5.41) is 0. The molecule has 0 radical (unpaired) electrons. The number of imidazole rings is 1. The van der Waals surface area contributed by atoms with Crippen molar-refractivity contribution in [2.75, 3.05) is 5.75 Å². The van der Waals surface area contributed by atoms with Crippen molar-refractivity contribution in [1.29, 1.82) is 0 Å². The second-order valence-corrected chi connectivity index (χ2v) is 4.22. The van der Waals surface area contributed by atoms with E-state index in [1.165, 1.54) is 0 Å². The number of aromatic nitrogens is 2.